The first kappa shape index (κ1) is 15.7. The van der Waals surface area contributed by atoms with Gasteiger partial charge >= 0.3 is 0 Å². The van der Waals surface area contributed by atoms with Crippen molar-refractivity contribution < 1.29 is 9.26 Å². The molecule has 0 aliphatic heterocycles. The molecule has 0 saturated carbocycles. The Morgan fingerprint density at radius 3 is 2.71 bits per heavy atom. The highest BCUT2D eigenvalue weighted by Crippen LogP contribution is 2.22. The zero-order valence-electron chi connectivity index (χ0n) is 12.9. The van der Waals surface area contributed by atoms with Gasteiger partial charge in [0.15, 0.2) is 0 Å². The van der Waals surface area contributed by atoms with Gasteiger partial charge in [0.25, 0.3) is 0 Å². The summed E-state index contributed by atoms with van der Waals surface area (Å²) in [5.41, 5.74) is 1.02. The highest BCUT2D eigenvalue weighted by atomic mass is 16.5. The first-order valence-electron chi connectivity index (χ1n) is 7.38. The van der Waals surface area contributed by atoms with E-state index < -0.39 is 0 Å². The van der Waals surface area contributed by atoms with E-state index in [-0.39, 0.29) is 6.10 Å². The molecule has 2 atom stereocenters. The lowest BCUT2D eigenvalue weighted by Gasteiger charge is -2.11. The number of ether oxygens (including phenoxy) is 1. The summed E-state index contributed by atoms with van der Waals surface area (Å²) in [6, 6.07) is 10.2. The Bertz CT molecular complexity index is 527. The minimum absolute atomic E-state index is 0.289. The van der Waals surface area contributed by atoms with Crippen LogP contribution in [0.15, 0.2) is 34.9 Å². The van der Waals surface area contributed by atoms with Crippen molar-refractivity contribution in [3.63, 3.8) is 0 Å². The van der Waals surface area contributed by atoms with Gasteiger partial charge < -0.3 is 14.6 Å². The third-order valence-electron chi connectivity index (χ3n) is 3.28. The molecule has 2 aromatic rings. The number of hydrogen-bond donors (Lipinski definition) is 1. The fourth-order valence-corrected chi connectivity index (χ4v) is 2.20. The molecule has 0 radical (unpaired) electrons. The number of methoxy groups -OCH3 is 1. The van der Waals surface area contributed by atoms with Crippen LogP contribution in [0.25, 0.3) is 0 Å². The molecule has 5 heteroatoms. The van der Waals surface area contributed by atoms with E-state index in [1.54, 1.807) is 7.11 Å². The van der Waals surface area contributed by atoms with Gasteiger partial charge in [0.1, 0.15) is 6.10 Å². The van der Waals surface area contributed by atoms with Crippen molar-refractivity contribution in [2.45, 2.75) is 38.8 Å². The maximum atomic E-state index is 5.50. The Morgan fingerprint density at radius 2 is 2.05 bits per heavy atom. The molecule has 1 aromatic carbocycles. The second-order valence-corrected chi connectivity index (χ2v) is 5.13. The summed E-state index contributed by atoms with van der Waals surface area (Å²) in [5.74, 6) is 1.21. The molecule has 1 aromatic heterocycles. The lowest BCUT2D eigenvalue weighted by atomic mass is 10.1. The molecular formula is C16H23N3O2. The summed E-state index contributed by atoms with van der Waals surface area (Å²) in [6.45, 7) is 5.25. The van der Waals surface area contributed by atoms with Gasteiger partial charge in [-0.3, -0.25) is 0 Å². The van der Waals surface area contributed by atoms with Crippen molar-refractivity contribution >= 4 is 0 Å². The molecule has 0 fully saturated rings. The minimum atomic E-state index is -0.289. The van der Waals surface area contributed by atoms with E-state index in [0.717, 1.165) is 24.9 Å². The molecule has 5 nitrogen and oxygen atoms in total. The van der Waals surface area contributed by atoms with Gasteiger partial charge in [-0.15, -0.1) is 0 Å². The van der Waals surface area contributed by atoms with Crippen molar-refractivity contribution in [3.05, 3.63) is 47.6 Å². The van der Waals surface area contributed by atoms with Crippen molar-refractivity contribution in [2.24, 2.45) is 0 Å². The maximum Gasteiger partial charge on any atom is 0.228 e. The Kier molecular flexibility index (Phi) is 5.90. The number of benzene rings is 1. The predicted molar refractivity (Wildman–Crippen MR) is 81.1 cm³/mol. The molecular weight excluding hydrogens is 266 g/mol. The van der Waals surface area contributed by atoms with E-state index in [9.17, 15) is 0 Å². The van der Waals surface area contributed by atoms with Crippen LogP contribution in [0.1, 0.15) is 43.7 Å². The molecule has 1 heterocycles. The Hall–Kier alpha value is -1.72. The van der Waals surface area contributed by atoms with Crippen molar-refractivity contribution in [1.82, 2.24) is 15.5 Å². The first-order valence-corrected chi connectivity index (χ1v) is 7.38. The van der Waals surface area contributed by atoms with Gasteiger partial charge in [0.2, 0.25) is 11.7 Å². The maximum absolute atomic E-state index is 5.50. The first-order chi connectivity index (χ1) is 10.2. The second kappa shape index (κ2) is 7.90. The number of nitrogens with zero attached hydrogens (tertiary/aromatic N) is 2. The van der Waals surface area contributed by atoms with Gasteiger partial charge in [0, 0.05) is 19.6 Å². The van der Waals surface area contributed by atoms with E-state index in [4.69, 9.17) is 9.26 Å². The van der Waals surface area contributed by atoms with Gasteiger partial charge in [-0.2, -0.15) is 4.98 Å². The highest BCUT2D eigenvalue weighted by Gasteiger charge is 2.20. The second-order valence-electron chi connectivity index (χ2n) is 5.13. The van der Waals surface area contributed by atoms with Crippen molar-refractivity contribution in [1.29, 1.82) is 0 Å². The van der Waals surface area contributed by atoms with Crippen LogP contribution in [0.3, 0.4) is 0 Å². The monoisotopic (exact) mass is 289 g/mol. The van der Waals surface area contributed by atoms with E-state index in [1.807, 2.05) is 30.3 Å². The summed E-state index contributed by atoms with van der Waals surface area (Å²) in [6.07, 6.45) is 1.54. The summed E-state index contributed by atoms with van der Waals surface area (Å²) >= 11 is 0. The Morgan fingerprint density at radius 1 is 1.29 bits per heavy atom. The van der Waals surface area contributed by atoms with Crippen molar-refractivity contribution in [3.8, 4) is 0 Å². The summed E-state index contributed by atoms with van der Waals surface area (Å²) in [4.78, 5) is 4.46. The molecule has 21 heavy (non-hydrogen) atoms. The van der Waals surface area contributed by atoms with Crippen LogP contribution in [0.4, 0.5) is 0 Å². The van der Waals surface area contributed by atoms with Gasteiger partial charge in [-0.25, -0.2) is 0 Å². The van der Waals surface area contributed by atoms with Crippen LogP contribution in [0.5, 0.6) is 0 Å². The normalized spacial score (nSPS) is 14.0. The molecule has 0 bridgehead atoms. The third-order valence-corrected chi connectivity index (χ3v) is 3.28. The number of nitrogens with one attached hydrogen (secondary N) is 1. The molecule has 2 unspecified atom stereocenters. The molecule has 2 rings (SSSR count). The lowest BCUT2D eigenvalue weighted by molar-refractivity contribution is 0.126. The fraction of sp³-hybridized carbons (Fsp3) is 0.500. The van der Waals surface area contributed by atoms with E-state index >= 15 is 0 Å². The average molecular weight is 289 g/mol. The van der Waals surface area contributed by atoms with E-state index in [0.29, 0.717) is 17.8 Å². The quantitative estimate of drug-likeness (QED) is 0.809. The molecule has 0 spiro atoms. The number of rotatable bonds is 8. The molecule has 0 aliphatic rings. The SMILES string of the molecule is CCCNC(C)Cc1nc(C(OC)c2ccccc2)no1. The fourth-order valence-electron chi connectivity index (χ4n) is 2.20. The predicted octanol–water partition coefficient (Wildman–Crippen LogP) is 2.74. The largest absolute Gasteiger partial charge is 0.369 e. The van der Waals surface area contributed by atoms with E-state index in [2.05, 4.69) is 29.3 Å². The molecule has 0 saturated heterocycles. The molecule has 1 N–H and O–H groups in total. The smallest absolute Gasteiger partial charge is 0.228 e. The average Bonchev–Trinajstić information content (AvgIpc) is 2.95. The van der Waals surface area contributed by atoms with E-state index in [1.165, 1.54) is 0 Å². The zero-order chi connectivity index (χ0) is 15.1. The molecule has 0 amide bonds. The number of aromatic nitrogens is 2. The Labute approximate surface area is 125 Å². The standard InChI is InChI=1S/C16H23N3O2/c1-4-10-17-12(2)11-14-18-16(19-21-14)15(20-3)13-8-6-5-7-9-13/h5-9,12,15,17H,4,10-11H2,1-3H3. The van der Waals surface area contributed by atoms with Gasteiger partial charge in [-0.05, 0) is 25.5 Å². The van der Waals surface area contributed by atoms with Gasteiger partial charge in [0.05, 0.1) is 0 Å². The molecule has 114 valence electrons. The lowest BCUT2D eigenvalue weighted by Crippen LogP contribution is -2.28. The summed E-state index contributed by atoms with van der Waals surface area (Å²) < 4.78 is 10.8. The van der Waals surface area contributed by atoms with Crippen LogP contribution < -0.4 is 5.32 Å². The summed E-state index contributed by atoms with van der Waals surface area (Å²) in [7, 11) is 1.65. The molecule has 0 aliphatic carbocycles. The van der Waals surface area contributed by atoms with Crippen LogP contribution in [0.2, 0.25) is 0 Å². The summed E-state index contributed by atoms with van der Waals surface area (Å²) in [5, 5.41) is 7.46. The zero-order valence-corrected chi connectivity index (χ0v) is 12.9. The van der Waals surface area contributed by atoms with Crippen molar-refractivity contribution in [2.75, 3.05) is 13.7 Å². The highest BCUT2D eigenvalue weighted by molar-refractivity contribution is 5.22. The van der Waals surface area contributed by atoms with Crippen LogP contribution in [0, 0.1) is 0 Å². The topological polar surface area (TPSA) is 60.2 Å². The van der Waals surface area contributed by atoms with Crippen LogP contribution in [-0.2, 0) is 11.2 Å². The Balaban J connectivity index is 2.04. The van der Waals surface area contributed by atoms with Gasteiger partial charge in [-0.1, -0.05) is 42.4 Å². The minimum Gasteiger partial charge on any atom is -0.369 e. The number of hydrogen-bond acceptors (Lipinski definition) is 5. The van der Waals surface area contributed by atoms with Crippen LogP contribution >= 0.6 is 0 Å². The van der Waals surface area contributed by atoms with Crippen LogP contribution in [-0.4, -0.2) is 29.8 Å². The third kappa shape index (κ3) is 4.37.